The van der Waals surface area contributed by atoms with E-state index < -0.39 is 5.91 Å². The maximum Gasteiger partial charge on any atom is 0.288 e. The molecule has 0 aliphatic carbocycles. The van der Waals surface area contributed by atoms with Gasteiger partial charge in [0.25, 0.3) is 5.91 Å². The van der Waals surface area contributed by atoms with Crippen LogP contribution in [-0.4, -0.2) is 30.0 Å². The van der Waals surface area contributed by atoms with Crippen LogP contribution in [0.4, 0.5) is 0 Å². The van der Waals surface area contributed by atoms with Crippen molar-refractivity contribution >= 4 is 17.8 Å². The van der Waals surface area contributed by atoms with Gasteiger partial charge in [0.15, 0.2) is 0 Å². The van der Waals surface area contributed by atoms with Crippen molar-refractivity contribution in [1.82, 2.24) is 10.9 Å². The second kappa shape index (κ2) is 7.98. The van der Waals surface area contributed by atoms with Crippen LogP contribution < -0.4 is 15.6 Å². The molecule has 0 aromatic heterocycles. The molecule has 1 heterocycles. The van der Waals surface area contributed by atoms with Crippen LogP contribution in [0, 0.1) is 0 Å². The predicted octanol–water partition coefficient (Wildman–Crippen LogP) is 2.13. The Bertz CT molecular complexity index is 886. The minimum absolute atomic E-state index is 0.0919. The number of allylic oxidation sites excluding steroid dienone is 1. The summed E-state index contributed by atoms with van der Waals surface area (Å²) >= 11 is 0. The normalized spacial score (nSPS) is 13.6. The lowest BCUT2D eigenvalue weighted by Crippen LogP contribution is -2.29. The summed E-state index contributed by atoms with van der Waals surface area (Å²) in [7, 11) is 1.62. The Kier molecular flexibility index (Phi) is 5.28. The van der Waals surface area contributed by atoms with E-state index in [1.165, 1.54) is 6.21 Å². The number of nitrogens with one attached hydrogen (secondary N) is 2. The number of carbonyl (C=O) groups is 1. The Balaban J connectivity index is 1.57. The number of phenolic OH excluding ortho intramolecular Hbond substituents is 1. The van der Waals surface area contributed by atoms with Crippen molar-refractivity contribution in [3.05, 3.63) is 71.4 Å². The summed E-state index contributed by atoms with van der Waals surface area (Å²) in [5.74, 6) is 0.458. The molecule has 1 aliphatic rings. The molecule has 2 aromatic rings. The van der Waals surface area contributed by atoms with Crippen molar-refractivity contribution in [2.24, 2.45) is 10.2 Å². The number of ether oxygens (including phenoxy) is 1. The molecule has 7 heteroatoms. The fourth-order valence-electron chi connectivity index (χ4n) is 2.34. The second-order valence-corrected chi connectivity index (χ2v) is 5.48. The highest BCUT2D eigenvalue weighted by Gasteiger charge is 2.14. The van der Waals surface area contributed by atoms with Crippen LogP contribution in [0.25, 0.3) is 0 Å². The summed E-state index contributed by atoms with van der Waals surface area (Å²) in [6, 6.07) is 14.3. The van der Waals surface area contributed by atoms with Crippen LogP contribution >= 0.6 is 0 Å². The van der Waals surface area contributed by atoms with Crippen molar-refractivity contribution in [2.45, 2.75) is 6.42 Å². The first kappa shape index (κ1) is 17.2. The largest absolute Gasteiger partial charge is 0.507 e. The minimum atomic E-state index is -0.408. The lowest BCUT2D eigenvalue weighted by molar-refractivity contribution is -0.117. The first-order valence-corrected chi connectivity index (χ1v) is 7.96. The number of aromatic hydroxyl groups is 1. The zero-order valence-electron chi connectivity index (χ0n) is 14.1. The van der Waals surface area contributed by atoms with Crippen molar-refractivity contribution in [2.75, 3.05) is 7.11 Å². The van der Waals surface area contributed by atoms with Crippen molar-refractivity contribution in [3.8, 4) is 11.5 Å². The molecule has 0 radical (unpaired) electrons. The Morgan fingerprint density at radius 1 is 1.27 bits per heavy atom. The van der Waals surface area contributed by atoms with E-state index in [9.17, 15) is 9.90 Å². The summed E-state index contributed by atoms with van der Waals surface area (Å²) < 4.78 is 5.13. The van der Waals surface area contributed by atoms with Crippen LogP contribution in [0.3, 0.4) is 0 Å². The predicted molar refractivity (Wildman–Crippen MR) is 99.2 cm³/mol. The van der Waals surface area contributed by atoms with Gasteiger partial charge in [-0.3, -0.25) is 10.2 Å². The Labute approximate surface area is 150 Å². The van der Waals surface area contributed by atoms with Gasteiger partial charge in [-0.15, -0.1) is 0 Å². The van der Waals surface area contributed by atoms with E-state index >= 15 is 0 Å². The van der Waals surface area contributed by atoms with Gasteiger partial charge in [0, 0.05) is 12.0 Å². The molecule has 26 heavy (non-hydrogen) atoms. The zero-order valence-corrected chi connectivity index (χ0v) is 14.1. The molecule has 3 rings (SSSR count). The maximum absolute atomic E-state index is 12.1. The fraction of sp³-hybridized carbons (Fsp3) is 0.105. The molecule has 7 nitrogen and oxygen atoms in total. The molecule has 1 amide bonds. The molecular weight excluding hydrogens is 332 g/mol. The highest BCUT2D eigenvalue weighted by molar-refractivity contribution is 6.04. The highest BCUT2D eigenvalue weighted by Crippen LogP contribution is 2.15. The fourth-order valence-corrected chi connectivity index (χ4v) is 2.34. The molecule has 132 valence electrons. The molecule has 0 atom stereocenters. The van der Waals surface area contributed by atoms with Gasteiger partial charge in [0.1, 0.15) is 17.2 Å². The van der Waals surface area contributed by atoms with Crippen LogP contribution in [-0.2, 0) is 4.79 Å². The Morgan fingerprint density at radius 2 is 2.04 bits per heavy atom. The number of para-hydroxylation sites is 1. The van der Waals surface area contributed by atoms with E-state index in [1.807, 2.05) is 24.3 Å². The van der Waals surface area contributed by atoms with Crippen LogP contribution in [0.2, 0.25) is 0 Å². The lowest BCUT2D eigenvalue weighted by Gasteiger charge is -2.14. The first-order valence-electron chi connectivity index (χ1n) is 7.96. The second-order valence-electron chi connectivity index (χ2n) is 5.48. The van der Waals surface area contributed by atoms with Crippen molar-refractivity contribution < 1.29 is 14.6 Å². The molecule has 1 aliphatic heterocycles. The zero-order chi connectivity index (χ0) is 18.4. The van der Waals surface area contributed by atoms with Gasteiger partial charge in [-0.05, 0) is 48.0 Å². The number of carbonyl (C=O) groups excluding carboxylic acids is 1. The van der Waals surface area contributed by atoms with Crippen molar-refractivity contribution in [1.29, 1.82) is 0 Å². The molecule has 0 fully saturated rings. The molecular formula is C19H18N4O3. The third kappa shape index (κ3) is 4.07. The summed E-state index contributed by atoms with van der Waals surface area (Å²) in [6.45, 7) is 0. The number of hydrogen-bond donors (Lipinski definition) is 3. The number of methoxy groups -OCH3 is 1. The van der Waals surface area contributed by atoms with E-state index in [-0.39, 0.29) is 5.75 Å². The number of nitrogens with zero attached hydrogens (tertiary/aromatic N) is 2. The number of benzene rings is 2. The van der Waals surface area contributed by atoms with Gasteiger partial charge in [0.2, 0.25) is 0 Å². The number of hydrogen-bond acceptors (Lipinski definition) is 6. The summed E-state index contributed by atoms with van der Waals surface area (Å²) in [5.41, 5.74) is 7.74. The van der Waals surface area contributed by atoms with Gasteiger partial charge >= 0.3 is 0 Å². The molecule has 0 unspecified atom stereocenters. The molecule has 2 aromatic carbocycles. The van der Waals surface area contributed by atoms with Gasteiger partial charge in [-0.25, -0.2) is 5.43 Å². The SMILES string of the molecule is COc1ccc(C2=NNC(C(=O)N/N=C/c3ccccc3O)=CC2)cc1. The number of hydrazone groups is 2. The summed E-state index contributed by atoms with van der Waals surface area (Å²) in [6.07, 6.45) is 3.64. The highest BCUT2D eigenvalue weighted by atomic mass is 16.5. The maximum atomic E-state index is 12.1. The molecule has 3 N–H and O–H groups in total. The summed E-state index contributed by atoms with van der Waals surface area (Å²) in [5, 5.41) is 17.7. The average Bonchev–Trinajstić information content (AvgIpc) is 2.69. The van der Waals surface area contributed by atoms with Gasteiger partial charge < -0.3 is 9.84 Å². The third-order valence-corrected chi connectivity index (χ3v) is 3.79. The van der Waals surface area contributed by atoms with E-state index in [1.54, 1.807) is 37.5 Å². The van der Waals surface area contributed by atoms with E-state index in [2.05, 4.69) is 21.1 Å². The Morgan fingerprint density at radius 3 is 2.69 bits per heavy atom. The smallest absolute Gasteiger partial charge is 0.288 e. The van der Waals surface area contributed by atoms with E-state index in [4.69, 9.17) is 4.74 Å². The number of rotatable bonds is 5. The van der Waals surface area contributed by atoms with Gasteiger partial charge in [-0.1, -0.05) is 12.1 Å². The van der Waals surface area contributed by atoms with Crippen LogP contribution in [0.15, 0.2) is 70.5 Å². The average molecular weight is 350 g/mol. The number of phenols is 1. The molecule has 0 bridgehead atoms. The molecule has 0 saturated heterocycles. The van der Waals surface area contributed by atoms with E-state index in [0.717, 1.165) is 17.0 Å². The van der Waals surface area contributed by atoms with Gasteiger partial charge in [-0.2, -0.15) is 10.2 Å². The Hall–Kier alpha value is -3.61. The summed E-state index contributed by atoms with van der Waals surface area (Å²) in [4.78, 5) is 12.1. The quantitative estimate of drug-likeness (QED) is 0.569. The van der Waals surface area contributed by atoms with Gasteiger partial charge in [0.05, 0.1) is 19.0 Å². The topological polar surface area (TPSA) is 95.3 Å². The van der Waals surface area contributed by atoms with E-state index in [0.29, 0.717) is 17.7 Å². The molecule has 0 spiro atoms. The third-order valence-electron chi connectivity index (χ3n) is 3.79. The lowest BCUT2D eigenvalue weighted by atomic mass is 10.1. The minimum Gasteiger partial charge on any atom is -0.507 e. The van der Waals surface area contributed by atoms with Crippen molar-refractivity contribution in [3.63, 3.8) is 0 Å². The monoisotopic (exact) mass is 350 g/mol. The van der Waals surface area contributed by atoms with Crippen LogP contribution in [0.5, 0.6) is 11.5 Å². The van der Waals surface area contributed by atoms with Crippen LogP contribution in [0.1, 0.15) is 17.5 Å². The first-order chi connectivity index (χ1) is 12.7. The number of amides is 1. The standard InChI is InChI=1S/C19H18N4O3/c1-26-15-8-6-13(7-9-15)16-10-11-17(22-21-16)19(25)23-20-12-14-4-2-3-5-18(14)24/h2-9,11-12,22,24H,10H2,1H3,(H,23,25)/b20-12+. The molecule has 0 saturated carbocycles.